The number of nitriles is 2. The van der Waals surface area contributed by atoms with Crippen molar-refractivity contribution in [2.24, 2.45) is 4.36 Å². The fourth-order valence-corrected chi connectivity index (χ4v) is 4.28. The molecule has 8 heteroatoms. The summed E-state index contributed by atoms with van der Waals surface area (Å²) in [4.78, 5) is 0.295. The number of aliphatic hydroxyl groups excluding tert-OH is 1. The minimum absolute atomic E-state index is 0.123. The molecule has 2 aromatic rings. The van der Waals surface area contributed by atoms with Crippen LogP contribution in [-0.4, -0.2) is 15.6 Å². The van der Waals surface area contributed by atoms with Gasteiger partial charge in [0.1, 0.15) is 17.3 Å². The average molecular weight is 371 g/mol. The summed E-state index contributed by atoms with van der Waals surface area (Å²) in [7, 11) is -2.98. The van der Waals surface area contributed by atoms with E-state index in [1.54, 1.807) is 12.3 Å². The van der Waals surface area contributed by atoms with Gasteiger partial charge in [0.2, 0.25) is 6.19 Å². The smallest absolute Gasteiger partial charge is 0.214 e. The number of halogens is 1. The van der Waals surface area contributed by atoms with Crippen molar-refractivity contribution in [3.8, 4) is 23.8 Å². The quantitative estimate of drug-likeness (QED) is 0.832. The van der Waals surface area contributed by atoms with Gasteiger partial charge in [0.05, 0.1) is 32.4 Å². The summed E-state index contributed by atoms with van der Waals surface area (Å²) in [5, 5.41) is 28.0. The third-order valence-electron chi connectivity index (χ3n) is 4.13. The topological polar surface area (TPSA) is 106 Å². The molecule has 0 saturated heterocycles. The minimum atomic E-state index is -2.98. The van der Waals surface area contributed by atoms with Crippen LogP contribution >= 0.6 is 0 Å². The molecular weight excluding hydrogens is 357 g/mol. The van der Waals surface area contributed by atoms with Crippen molar-refractivity contribution in [3.63, 3.8) is 0 Å². The molecule has 0 amide bonds. The fraction of sp³-hybridized carbons (Fsp3) is 0.222. The van der Waals surface area contributed by atoms with Gasteiger partial charge in [0, 0.05) is 23.4 Å². The Labute approximate surface area is 150 Å². The van der Waals surface area contributed by atoms with Gasteiger partial charge in [-0.2, -0.15) is 10.5 Å². The molecule has 1 aliphatic rings. The Bertz CT molecular complexity index is 1090. The van der Waals surface area contributed by atoms with Crippen LogP contribution in [0.3, 0.4) is 0 Å². The molecule has 132 valence electrons. The maximum absolute atomic E-state index is 13.6. The number of rotatable bonds is 3. The molecule has 1 aliphatic carbocycles. The van der Waals surface area contributed by atoms with Crippen molar-refractivity contribution < 1.29 is 18.4 Å². The molecule has 0 saturated carbocycles. The van der Waals surface area contributed by atoms with Gasteiger partial charge >= 0.3 is 0 Å². The third kappa shape index (κ3) is 3.25. The highest BCUT2D eigenvalue weighted by Gasteiger charge is 2.30. The van der Waals surface area contributed by atoms with Crippen LogP contribution in [0.25, 0.3) is 0 Å². The van der Waals surface area contributed by atoms with Crippen molar-refractivity contribution in [3.05, 3.63) is 52.8 Å². The van der Waals surface area contributed by atoms with E-state index < -0.39 is 21.7 Å². The zero-order valence-electron chi connectivity index (χ0n) is 13.8. The number of aliphatic hydroxyl groups is 1. The van der Waals surface area contributed by atoms with Crippen LogP contribution in [-0.2, 0) is 16.1 Å². The third-order valence-corrected chi connectivity index (χ3v) is 5.73. The van der Waals surface area contributed by atoms with E-state index in [-0.39, 0.29) is 11.3 Å². The molecule has 3 rings (SSSR count). The molecule has 0 aromatic heterocycles. The standard InChI is InChI=1S/C18H14FN3O3S/c1-26(24,22-10-21)17-5-4-16(14-2-3-15(23)18(14)17)25-13-7-11(9-20)6-12(19)8-13/h4-8,15,23H,2-3H2,1H3. The van der Waals surface area contributed by atoms with Crippen LogP contribution in [0.4, 0.5) is 4.39 Å². The van der Waals surface area contributed by atoms with Gasteiger partial charge in [-0.05, 0) is 37.1 Å². The fourth-order valence-electron chi connectivity index (χ4n) is 3.04. The molecule has 0 aliphatic heterocycles. The average Bonchev–Trinajstić information content (AvgIpc) is 2.97. The van der Waals surface area contributed by atoms with E-state index in [9.17, 15) is 13.7 Å². The van der Waals surface area contributed by atoms with Crippen LogP contribution in [0.1, 0.15) is 29.2 Å². The first-order chi connectivity index (χ1) is 12.4. The van der Waals surface area contributed by atoms with Gasteiger partial charge in [-0.3, -0.25) is 0 Å². The molecule has 0 bridgehead atoms. The Morgan fingerprint density at radius 1 is 1.35 bits per heavy atom. The van der Waals surface area contributed by atoms with E-state index in [0.717, 1.165) is 12.1 Å². The summed E-state index contributed by atoms with van der Waals surface area (Å²) in [6.45, 7) is 0. The van der Waals surface area contributed by atoms with Gasteiger partial charge in [0.25, 0.3) is 0 Å². The number of hydrogen-bond donors (Lipinski definition) is 1. The summed E-state index contributed by atoms with van der Waals surface area (Å²) in [5.74, 6) is -0.0736. The second-order valence-corrected chi connectivity index (χ2v) is 8.12. The molecule has 6 nitrogen and oxygen atoms in total. The lowest BCUT2D eigenvalue weighted by Crippen LogP contribution is -2.05. The molecule has 26 heavy (non-hydrogen) atoms. The molecule has 0 spiro atoms. The van der Waals surface area contributed by atoms with Crippen molar-refractivity contribution in [2.75, 3.05) is 6.26 Å². The van der Waals surface area contributed by atoms with E-state index in [1.807, 2.05) is 6.07 Å². The molecule has 0 heterocycles. The first-order valence-corrected chi connectivity index (χ1v) is 9.60. The number of benzene rings is 2. The first-order valence-electron chi connectivity index (χ1n) is 7.68. The lowest BCUT2D eigenvalue weighted by atomic mass is 10.1. The van der Waals surface area contributed by atoms with Gasteiger partial charge < -0.3 is 9.84 Å². The van der Waals surface area contributed by atoms with E-state index >= 15 is 0 Å². The Kier molecular flexibility index (Phi) is 4.64. The number of fused-ring (bicyclic) bond motifs is 1. The SMILES string of the molecule is CS(=O)(=NC#N)c1ccc(Oc2cc(F)cc(C#N)c2)c2c1C(O)CC2. The predicted molar refractivity (Wildman–Crippen MR) is 91.3 cm³/mol. The van der Waals surface area contributed by atoms with Crippen LogP contribution in [0, 0.1) is 28.6 Å². The van der Waals surface area contributed by atoms with E-state index in [2.05, 4.69) is 4.36 Å². The summed E-state index contributed by atoms with van der Waals surface area (Å²) < 4.78 is 35.5. The maximum Gasteiger partial charge on any atom is 0.214 e. The van der Waals surface area contributed by atoms with E-state index in [4.69, 9.17) is 15.3 Å². The Morgan fingerprint density at radius 2 is 2.12 bits per heavy atom. The van der Waals surface area contributed by atoms with Crippen LogP contribution in [0.5, 0.6) is 11.5 Å². The van der Waals surface area contributed by atoms with Gasteiger partial charge in [0.15, 0.2) is 0 Å². The van der Waals surface area contributed by atoms with Crippen molar-refractivity contribution in [2.45, 2.75) is 23.8 Å². The summed E-state index contributed by atoms with van der Waals surface area (Å²) in [5.41, 5.74) is 1.20. The Balaban J connectivity index is 2.11. The Hall–Kier alpha value is -2.94. The zero-order chi connectivity index (χ0) is 18.9. The molecule has 0 radical (unpaired) electrons. The van der Waals surface area contributed by atoms with Gasteiger partial charge in [-0.25, -0.2) is 8.60 Å². The number of ether oxygens (including phenoxy) is 1. The molecule has 0 fully saturated rings. The molecule has 2 aromatic carbocycles. The van der Waals surface area contributed by atoms with Crippen molar-refractivity contribution in [1.82, 2.24) is 0 Å². The second-order valence-electron chi connectivity index (χ2n) is 5.89. The highest BCUT2D eigenvalue weighted by Crippen LogP contribution is 2.42. The molecule has 2 unspecified atom stereocenters. The van der Waals surface area contributed by atoms with E-state index in [1.165, 1.54) is 18.4 Å². The largest absolute Gasteiger partial charge is 0.457 e. The van der Waals surface area contributed by atoms with Gasteiger partial charge in [-0.15, -0.1) is 4.36 Å². The normalized spacial score (nSPS) is 17.5. The first kappa shape index (κ1) is 17.9. The summed E-state index contributed by atoms with van der Waals surface area (Å²) >= 11 is 0. The number of nitrogens with zero attached hydrogens (tertiary/aromatic N) is 3. The maximum atomic E-state index is 13.6. The molecule has 1 N–H and O–H groups in total. The predicted octanol–water partition coefficient (Wildman–Crippen LogP) is 3.41. The van der Waals surface area contributed by atoms with Crippen LogP contribution in [0.2, 0.25) is 0 Å². The number of hydrogen-bond acceptors (Lipinski definition) is 6. The monoisotopic (exact) mass is 371 g/mol. The molecule has 2 atom stereocenters. The van der Waals surface area contributed by atoms with Crippen molar-refractivity contribution >= 4 is 9.73 Å². The Morgan fingerprint density at radius 3 is 2.81 bits per heavy atom. The zero-order valence-corrected chi connectivity index (χ0v) is 14.6. The summed E-state index contributed by atoms with van der Waals surface area (Å²) in [6, 6.07) is 8.56. The van der Waals surface area contributed by atoms with E-state index in [0.29, 0.717) is 34.6 Å². The van der Waals surface area contributed by atoms with Crippen molar-refractivity contribution in [1.29, 1.82) is 10.5 Å². The van der Waals surface area contributed by atoms with Gasteiger partial charge in [-0.1, -0.05) is 0 Å². The highest BCUT2D eigenvalue weighted by molar-refractivity contribution is 7.93. The molecular formula is C18H14FN3O3S. The lowest BCUT2D eigenvalue weighted by Gasteiger charge is -2.16. The highest BCUT2D eigenvalue weighted by atomic mass is 32.2. The lowest BCUT2D eigenvalue weighted by molar-refractivity contribution is 0.177. The second kappa shape index (κ2) is 6.75. The summed E-state index contributed by atoms with van der Waals surface area (Å²) in [6.07, 6.45) is 2.93. The van der Waals surface area contributed by atoms with Crippen LogP contribution < -0.4 is 4.74 Å². The van der Waals surface area contributed by atoms with Crippen LogP contribution in [0.15, 0.2) is 39.6 Å². The minimum Gasteiger partial charge on any atom is -0.457 e.